The Labute approximate surface area is 121 Å². The molecule has 0 aliphatic rings. The Bertz CT molecular complexity index is 399. The van der Waals surface area contributed by atoms with Crippen LogP contribution in [0.25, 0.3) is 0 Å². The van der Waals surface area contributed by atoms with Crippen molar-refractivity contribution in [3.63, 3.8) is 0 Å². The highest BCUT2D eigenvalue weighted by Gasteiger charge is 2.07. The standard InChI is InChI=1S/C16H24O4/c1-5-12(2)14-6-8-15(9-7-14)20-13(3)19-11-10-16(17)18-4/h6-9,12-13H,5,10-11H2,1-4H3. The Hall–Kier alpha value is -1.55. The summed E-state index contributed by atoms with van der Waals surface area (Å²) in [7, 11) is 1.36. The number of hydrogen-bond acceptors (Lipinski definition) is 4. The molecule has 0 fully saturated rings. The lowest BCUT2D eigenvalue weighted by molar-refractivity contribution is -0.144. The Morgan fingerprint density at radius 3 is 2.40 bits per heavy atom. The van der Waals surface area contributed by atoms with E-state index < -0.39 is 6.29 Å². The number of rotatable bonds is 8. The molecule has 1 aromatic carbocycles. The summed E-state index contributed by atoms with van der Waals surface area (Å²) in [6, 6.07) is 8.04. The van der Waals surface area contributed by atoms with Crippen molar-refractivity contribution in [2.75, 3.05) is 13.7 Å². The normalized spacial score (nSPS) is 13.6. The lowest BCUT2D eigenvalue weighted by atomic mass is 9.99. The lowest BCUT2D eigenvalue weighted by Gasteiger charge is -2.16. The summed E-state index contributed by atoms with van der Waals surface area (Å²) in [6.45, 7) is 6.47. The molecular weight excluding hydrogens is 256 g/mol. The van der Waals surface area contributed by atoms with Gasteiger partial charge in [0.15, 0.2) is 6.29 Å². The molecule has 2 atom stereocenters. The summed E-state index contributed by atoms with van der Waals surface area (Å²) in [6.07, 6.45) is 0.957. The molecule has 1 aromatic rings. The molecule has 112 valence electrons. The smallest absolute Gasteiger partial charge is 0.307 e. The Kier molecular flexibility index (Phi) is 7.09. The highest BCUT2D eigenvalue weighted by atomic mass is 16.7. The first-order valence-corrected chi connectivity index (χ1v) is 7.01. The van der Waals surface area contributed by atoms with Crippen molar-refractivity contribution in [3.05, 3.63) is 29.8 Å². The van der Waals surface area contributed by atoms with E-state index in [2.05, 4.69) is 30.7 Å². The van der Waals surface area contributed by atoms with Gasteiger partial charge < -0.3 is 14.2 Å². The molecule has 0 aliphatic carbocycles. The van der Waals surface area contributed by atoms with Crippen LogP contribution < -0.4 is 4.74 Å². The molecule has 0 spiro atoms. The third-order valence-electron chi connectivity index (χ3n) is 3.25. The van der Waals surface area contributed by atoms with Gasteiger partial charge in [-0.1, -0.05) is 26.0 Å². The maximum Gasteiger partial charge on any atom is 0.307 e. The third kappa shape index (κ3) is 5.61. The second-order valence-corrected chi connectivity index (χ2v) is 4.76. The predicted molar refractivity (Wildman–Crippen MR) is 77.8 cm³/mol. The zero-order valence-electron chi connectivity index (χ0n) is 12.7. The molecule has 0 amide bonds. The van der Waals surface area contributed by atoms with Crippen LogP contribution in [0.5, 0.6) is 5.75 Å². The molecule has 0 aliphatic heterocycles. The van der Waals surface area contributed by atoms with Gasteiger partial charge >= 0.3 is 5.97 Å². The van der Waals surface area contributed by atoms with Gasteiger partial charge in [0, 0.05) is 0 Å². The number of ether oxygens (including phenoxy) is 3. The molecule has 0 bridgehead atoms. The average Bonchev–Trinajstić information content (AvgIpc) is 2.47. The Balaban J connectivity index is 2.38. The first kappa shape index (κ1) is 16.5. The molecule has 4 nitrogen and oxygen atoms in total. The van der Waals surface area contributed by atoms with Gasteiger partial charge in [0.2, 0.25) is 0 Å². The van der Waals surface area contributed by atoms with Crippen LogP contribution in [-0.4, -0.2) is 26.0 Å². The summed E-state index contributed by atoms with van der Waals surface area (Å²) in [5.41, 5.74) is 1.30. The summed E-state index contributed by atoms with van der Waals surface area (Å²) >= 11 is 0. The van der Waals surface area contributed by atoms with Crippen LogP contribution in [0.3, 0.4) is 0 Å². The van der Waals surface area contributed by atoms with Crippen LogP contribution in [-0.2, 0) is 14.3 Å². The van der Waals surface area contributed by atoms with Gasteiger partial charge in [-0.3, -0.25) is 4.79 Å². The van der Waals surface area contributed by atoms with Crippen LogP contribution in [0.15, 0.2) is 24.3 Å². The van der Waals surface area contributed by atoms with E-state index in [1.54, 1.807) is 6.92 Å². The van der Waals surface area contributed by atoms with Gasteiger partial charge in [0.1, 0.15) is 5.75 Å². The molecule has 4 heteroatoms. The van der Waals surface area contributed by atoms with Gasteiger partial charge in [-0.15, -0.1) is 0 Å². The van der Waals surface area contributed by atoms with Gasteiger partial charge in [-0.25, -0.2) is 0 Å². The van der Waals surface area contributed by atoms with Crippen molar-refractivity contribution in [2.45, 2.75) is 45.8 Å². The summed E-state index contributed by atoms with van der Waals surface area (Å²) in [4.78, 5) is 10.9. The zero-order valence-corrected chi connectivity index (χ0v) is 12.7. The predicted octanol–water partition coefficient (Wildman–Crippen LogP) is 3.50. The lowest BCUT2D eigenvalue weighted by Crippen LogP contribution is -2.18. The van der Waals surface area contributed by atoms with Crippen molar-refractivity contribution in [1.29, 1.82) is 0 Å². The highest BCUT2D eigenvalue weighted by molar-refractivity contribution is 5.69. The first-order valence-electron chi connectivity index (χ1n) is 7.01. The summed E-state index contributed by atoms with van der Waals surface area (Å²) in [5, 5.41) is 0. The van der Waals surface area contributed by atoms with Crippen molar-refractivity contribution in [3.8, 4) is 5.75 Å². The maximum atomic E-state index is 10.9. The van der Waals surface area contributed by atoms with Crippen LogP contribution in [0.1, 0.15) is 45.1 Å². The minimum atomic E-state index is -0.394. The third-order valence-corrected chi connectivity index (χ3v) is 3.25. The SMILES string of the molecule is CCC(C)c1ccc(OC(C)OCCC(=O)OC)cc1. The molecule has 1 rings (SSSR count). The number of benzene rings is 1. The zero-order chi connectivity index (χ0) is 15.0. The number of hydrogen-bond donors (Lipinski definition) is 0. The second-order valence-electron chi connectivity index (χ2n) is 4.76. The number of esters is 1. The second kappa shape index (κ2) is 8.59. The van der Waals surface area contributed by atoms with E-state index >= 15 is 0 Å². The molecule has 0 heterocycles. The van der Waals surface area contributed by atoms with E-state index in [0.717, 1.165) is 12.2 Å². The quantitative estimate of drug-likeness (QED) is 0.540. The molecule has 0 saturated carbocycles. The van der Waals surface area contributed by atoms with E-state index in [9.17, 15) is 4.79 Å². The minimum Gasteiger partial charge on any atom is -0.469 e. The summed E-state index contributed by atoms with van der Waals surface area (Å²) in [5.74, 6) is 1.04. The first-order chi connectivity index (χ1) is 9.56. The monoisotopic (exact) mass is 280 g/mol. The van der Waals surface area contributed by atoms with Gasteiger partial charge in [-0.05, 0) is 37.0 Å². The molecular formula is C16H24O4. The van der Waals surface area contributed by atoms with Gasteiger partial charge in [0.25, 0.3) is 0 Å². The van der Waals surface area contributed by atoms with Crippen molar-refractivity contribution in [1.82, 2.24) is 0 Å². The minimum absolute atomic E-state index is 0.233. The maximum absolute atomic E-state index is 10.9. The Morgan fingerprint density at radius 2 is 1.85 bits per heavy atom. The molecule has 0 N–H and O–H groups in total. The van der Waals surface area contributed by atoms with E-state index in [4.69, 9.17) is 9.47 Å². The van der Waals surface area contributed by atoms with Crippen molar-refractivity contribution >= 4 is 5.97 Å². The van der Waals surface area contributed by atoms with Crippen LogP contribution in [0, 0.1) is 0 Å². The molecule has 0 saturated heterocycles. The number of carbonyl (C=O) groups excluding carboxylic acids is 1. The van der Waals surface area contributed by atoms with E-state index in [1.165, 1.54) is 12.7 Å². The number of methoxy groups -OCH3 is 1. The fourth-order valence-corrected chi connectivity index (χ4v) is 1.75. The summed E-state index contributed by atoms with van der Waals surface area (Å²) < 4.78 is 15.6. The van der Waals surface area contributed by atoms with Crippen LogP contribution >= 0.6 is 0 Å². The van der Waals surface area contributed by atoms with Crippen molar-refractivity contribution in [2.24, 2.45) is 0 Å². The molecule has 0 radical (unpaired) electrons. The topological polar surface area (TPSA) is 44.8 Å². The fraction of sp³-hybridized carbons (Fsp3) is 0.562. The Morgan fingerprint density at radius 1 is 1.20 bits per heavy atom. The fourth-order valence-electron chi connectivity index (χ4n) is 1.75. The van der Waals surface area contributed by atoms with Gasteiger partial charge in [0.05, 0.1) is 20.1 Å². The van der Waals surface area contributed by atoms with E-state index in [1.807, 2.05) is 12.1 Å². The van der Waals surface area contributed by atoms with E-state index in [0.29, 0.717) is 12.5 Å². The molecule has 0 aromatic heterocycles. The molecule has 20 heavy (non-hydrogen) atoms. The number of carbonyl (C=O) groups is 1. The highest BCUT2D eigenvalue weighted by Crippen LogP contribution is 2.22. The van der Waals surface area contributed by atoms with Crippen molar-refractivity contribution < 1.29 is 19.0 Å². The van der Waals surface area contributed by atoms with Gasteiger partial charge in [-0.2, -0.15) is 0 Å². The van der Waals surface area contributed by atoms with Crippen LogP contribution in [0.4, 0.5) is 0 Å². The van der Waals surface area contributed by atoms with E-state index in [-0.39, 0.29) is 12.4 Å². The molecule has 2 unspecified atom stereocenters. The average molecular weight is 280 g/mol. The van der Waals surface area contributed by atoms with Crippen LogP contribution in [0.2, 0.25) is 0 Å². The largest absolute Gasteiger partial charge is 0.469 e.